The van der Waals surface area contributed by atoms with Crippen molar-refractivity contribution in [3.8, 4) is 5.75 Å². The van der Waals surface area contributed by atoms with Gasteiger partial charge < -0.3 is 15.4 Å². The third kappa shape index (κ3) is 4.93. The second-order valence-electron chi connectivity index (χ2n) is 5.34. The van der Waals surface area contributed by atoms with Gasteiger partial charge in [-0.3, -0.25) is 14.9 Å². The lowest BCUT2D eigenvalue weighted by Crippen LogP contribution is -2.22. The van der Waals surface area contributed by atoms with Gasteiger partial charge in [-0.15, -0.1) is 0 Å². The van der Waals surface area contributed by atoms with Crippen molar-refractivity contribution in [1.29, 1.82) is 0 Å². The van der Waals surface area contributed by atoms with Crippen molar-refractivity contribution in [2.24, 2.45) is 0 Å². The first-order chi connectivity index (χ1) is 12.2. The summed E-state index contributed by atoms with van der Waals surface area (Å²) in [6.07, 6.45) is 1.10. The van der Waals surface area contributed by atoms with Crippen molar-refractivity contribution < 1.29 is 22.9 Å². The van der Waals surface area contributed by atoms with Crippen molar-refractivity contribution >= 4 is 32.8 Å². The number of nitro groups is 1. The molecule has 10 heteroatoms. The van der Waals surface area contributed by atoms with E-state index in [-0.39, 0.29) is 28.6 Å². The molecule has 0 fully saturated rings. The maximum Gasteiger partial charge on any atom is 0.273 e. The Morgan fingerprint density at radius 2 is 1.96 bits per heavy atom. The summed E-state index contributed by atoms with van der Waals surface area (Å²) in [5.74, 6) is -0.270. The first-order valence-electron chi connectivity index (χ1n) is 7.37. The highest BCUT2D eigenvalue weighted by Gasteiger charge is 2.13. The number of ether oxygens (including phenoxy) is 1. The zero-order valence-electron chi connectivity index (χ0n) is 14.1. The summed E-state index contributed by atoms with van der Waals surface area (Å²) >= 11 is 0. The van der Waals surface area contributed by atoms with Crippen LogP contribution in [0.25, 0.3) is 0 Å². The smallest absolute Gasteiger partial charge is 0.273 e. The summed E-state index contributed by atoms with van der Waals surface area (Å²) in [7, 11) is -2.01. The number of nitrogens with zero attached hydrogens (tertiary/aromatic N) is 1. The summed E-state index contributed by atoms with van der Waals surface area (Å²) in [5.41, 5.74) is 0.601. The quantitative estimate of drug-likeness (QED) is 0.556. The third-order valence-corrected chi connectivity index (χ3v) is 4.50. The molecule has 0 aliphatic rings. The second kappa shape index (κ2) is 7.83. The van der Waals surface area contributed by atoms with Crippen molar-refractivity contribution in [1.82, 2.24) is 0 Å². The van der Waals surface area contributed by atoms with E-state index in [0.717, 1.165) is 6.26 Å². The zero-order valence-corrected chi connectivity index (χ0v) is 14.9. The Hall–Kier alpha value is -3.14. The highest BCUT2D eigenvalue weighted by molar-refractivity contribution is 7.90. The monoisotopic (exact) mass is 379 g/mol. The number of anilines is 2. The van der Waals surface area contributed by atoms with Gasteiger partial charge in [-0.05, 0) is 24.3 Å². The fourth-order valence-electron chi connectivity index (χ4n) is 2.11. The number of nitrogens with one attached hydrogen (secondary N) is 2. The normalized spacial score (nSPS) is 10.8. The lowest BCUT2D eigenvalue weighted by molar-refractivity contribution is -0.384. The Bertz CT molecular complexity index is 943. The molecule has 0 spiro atoms. The number of rotatable bonds is 7. The average Bonchev–Trinajstić information content (AvgIpc) is 2.59. The van der Waals surface area contributed by atoms with Gasteiger partial charge in [0.2, 0.25) is 5.91 Å². The molecule has 0 heterocycles. The van der Waals surface area contributed by atoms with Crippen LogP contribution in [-0.2, 0) is 14.6 Å². The van der Waals surface area contributed by atoms with Gasteiger partial charge in [-0.2, -0.15) is 0 Å². The molecule has 2 aromatic carbocycles. The molecule has 0 saturated carbocycles. The number of carbonyl (C=O) groups is 1. The molecule has 0 atom stereocenters. The standard InChI is InChI=1S/C16H17N3O6S/c1-25-15-9-12(19(21)22)6-7-14(15)18-16(20)10-17-11-4-3-5-13(8-11)26(2,23)24/h3-9,17H,10H2,1-2H3,(H,18,20). The summed E-state index contributed by atoms with van der Waals surface area (Å²) in [5, 5.41) is 16.2. The van der Waals surface area contributed by atoms with Gasteiger partial charge >= 0.3 is 0 Å². The maximum absolute atomic E-state index is 12.1. The highest BCUT2D eigenvalue weighted by atomic mass is 32.2. The number of methoxy groups -OCH3 is 1. The maximum atomic E-state index is 12.1. The highest BCUT2D eigenvalue weighted by Crippen LogP contribution is 2.28. The molecule has 138 valence electrons. The number of benzene rings is 2. The Kier molecular flexibility index (Phi) is 5.78. The van der Waals surface area contributed by atoms with Crippen LogP contribution in [0.3, 0.4) is 0 Å². The van der Waals surface area contributed by atoms with Gasteiger partial charge in [0.25, 0.3) is 5.69 Å². The summed E-state index contributed by atoms with van der Waals surface area (Å²) < 4.78 is 28.1. The fraction of sp³-hybridized carbons (Fsp3) is 0.188. The SMILES string of the molecule is COc1cc([N+](=O)[O-])ccc1NC(=O)CNc1cccc(S(C)(=O)=O)c1. The van der Waals surface area contributed by atoms with Crippen molar-refractivity contribution in [3.63, 3.8) is 0 Å². The van der Waals surface area contributed by atoms with Crippen LogP contribution >= 0.6 is 0 Å². The molecule has 9 nitrogen and oxygen atoms in total. The van der Waals surface area contributed by atoms with E-state index in [1.807, 2.05) is 0 Å². The van der Waals surface area contributed by atoms with Crippen LogP contribution in [0.15, 0.2) is 47.4 Å². The number of non-ortho nitro benzene ring substituents is 1. The Labute approximate surface area is 150 Å². The van der Waals surface area contributed by atoms with E-state index in [2.05, 4.69) is 10.6 Å². The van der Waals surface area contributed by atoms with Gasteiger partial charge in [0.05, 0.1) is 35.2 Å². The molecule has 26 heavy (non-hydrogen) atoms. The molecule has 0 aromatic heterocycles. The molecule has 0 radical (unpaired) electrons. The van der Waals surface area contributed by atoms with E-state index >= 15 is 0 Å². The number of nitro benzene ring substituents is 1. The second-order valence-corrected chi connectivity index (χ2v) is 7.36. The van der Waals surface area contributed by atoms with Gasteiger partial charge in [0, 0.05) is 18.0 Å². The number of hydrogen-bond acceptors (Lipinski definition) is 7. The predicted molar refractivity (Wildman–Crippen MR) is 96.3 cm³/mol. The van der Waals surface area contributed by atoms with Gasteiger partial charge in [0.15, 0.2) is 9.84 Å². The Morgan fingerprint density at radius 3 is 2.58 bits per heavy atom. The molecule has 0 unspecified atom stereocenters. The van der Waals surface area contributed by atoms with Crippen LogP contribution in [0, 0.1) is 10.1 Å². The first kappa shape index (κ1) is 19.2. The van der Waals surface area contributed by atoms with Crippen LogP contribution in [0.5, 0.6) is 5.75 Å². The van der Waals surface area contributed by atoms with E-state index in [9.17, 15) is 23.3 Å². The van der Waals surface area contributed by atoms with Crippen LogP contribution in [0.2, 0.25) is 0 Å². The first-order valence-corrected chi connectivity index (χ1v) is 9.26. The largest absolute Gasteiger partial charge is 0.494 e. The van der Waals surface area contributed by atoms with E-state index < -0.39 is 20.7 Å². The number of amides is 1. The van der Waals surface area contributed by atoms with Gasteiger partial charge in [-0.25, -0.2) is 8.42 Å². The minimum atomic E-state index is -3.34. The molecule has 0 saturated heterocycles. The topological polar surface area (TPSA) is 128 Å². The van der Waals surface area contributed by atoms with Crippen LogP contribution in [-0.4, -0.2) is 39.2 Å². The van der Waals surface area contributed by atoms with Gasteiger partial charge in [-0.1, -0.05) is 6.07 Å². The lowest BCUT2D eigenvalue weighted by atomic mass is 10.2. The average molecular weight is 379 g/mol. The molecular weight excluding hydrogens is 362 g/mol. The van der Waals surface area contributed by atoms with E-state index in [0.29, 0.717) is 5.69 Å². The van der Waals surface area contributed by atoms with Crippen molar-refractivity contribution in [3.05, 3.63) is 52.6 Å². The molecular formula is C16H17N3O6S. The van der Waals surface area contributed by atoms with E-state index in [4.69, 9.17) is 4.74 Å². The zero-order chi connectivity index (χ0) is 19.3. The number of sulfone groups is 1. The van der Waals surface area contributed by atoms with Crippen LogP contribution < -0.4 is 15.4 Å². The van der Waals surface area contributed by atoms with E-state index in [1.165, 1.54) is 37.4 Å². The molecule has 2 rings (SSSR count). The predicted octanol–water partition coefficient (Wildman–Crippen LogP) is 2.06. The summed E-state index contributed by atoms with van der Waals surface area (Å²) in [4.78, 5) is 22.4. The molecule has 1 amide bonds. The molecule has 0 aliphatic carbocycles. The summed E-state index contributed by atoms with van der Waals surface area (Å²) in [6.45, 7) is -0.132. The lowest BCUT2D eigenvalue weighted by Gasteiger charge is -2.11. The van der Waals surface area contributed by atoms with Crippen molar-refractivity contribution in [2.45, 2.75) is 4.90 Å². The fourth-order valence-corrected chi connectivity index (χ4v) is 2.78. The molecule has 0 aliphatic heterocycles. The number of hydrogen-bond donors (Lipinski definition) is 2. The molecule has 2 N–H and O–H groups in total. The van der Waals surface area contributed by atoms with E-state index in [1.54, 1.807) is 12.1 Å². The van der Waals surface area contributed by atoms with Crippen LogP contribution in [0.1, 0.15) is 0 Å². The minimum absolute atomic E-state index is 0.132. The Morgan fingerprint density at radius 1 is 1.23 bits per heavy atom. The van der Waals surface area contributed by atoms with Crippen LogP contribution in [0.4, 0.5) is 17.1 Å². The minimum Gasteiger partial charge on any atom is -0.494 e. The third-order valence-electron chi connectivity index (χ3n) is 3.39. The molecule has 0 bridgehead atoms. The molecule has 2 aromatic rings. The van der Waals surface area contributed by atoms with Crippen molar-refractivity contribution in [2.75, 3.05) is 30.5 Å². The van der Waals surface area contributed by atoms with Gasteiger partial charge in [0.1, 0.15) is 5.75 Å². The summed E-state index contributed by atoms with van der Waals surface area (Å²) in [6, 6.07) is 9.92. The number of carbonyl (C=O) groups excluding carboxylic acids is 1. The Balaban J connectivity index is 2.05.